The Bertz CT molecular complexity index is 283. The van der Waals surface area contributed by atoms with Gasteiger partial charge in [0, 0.05) is 0 Å². The van der Waals surface area contributed by atoms with Crippen LogP contribution in [0.15, 0.2) is 0 Å². The Kier molecular flexibility index (Phi) is 26.2. The van der Waals surface area contributed by atoms with Gasteiger partial charge in [0.05, 0.1) is 37.5 Å². The summed E-state index contributed by atoms with van der Waals surface area (Å²) in [6.45, 7) is 15.2. The van der Waals surface area contributed by atoms with E-state index in [4.69, 9.17) is 13.3 Å². The van der Waals surface area contributed by atoms with Crippen LogP contribution in [0, 0.1) is 0 Å². The molecule has 0 aromatic rings. The third-order valence-corrected chi connectivity index (χ3v) is 5.94. The van der Waals surface area contributed by atoms with Crippen molar-refractivity contribution in [2.75, 3.05) is 26.2 Å². The number of hydrogen-bond acceptors (Lipinski definition) is 2. The van der Waals surface area contributed by atoms with E-state index in [0.717, 1.165) is 0 Å². The smallest absolute Gasteiger partial charge is 0.0814 e. The topological polar surface area (TPSA) is 60.4 Å². The Balaban J connectivity index is 0. The van der Waals surface area contributed by atoms with Crippen molar-refractivity contribution in [3.05, 3.63) is 0 Å². The van der Waals surface area contributed by atoms with Crippen molar-refractivity contribution in [2.24, 2.45) is 0 Å². The monoisotopic (exact) mass is 435 g/mol. The Morgan fingerprint density at radius 2 is 0.759 bits per heavy atom. The van der Waals surface area contributed by atoms with E-state index in [1.807, 2.05) is 0 Å². The molecule has 0 amide bonds. The lowest BCUT2D eigenvalue weighted by Crippen LogP contribution is -2.50. The number of hydrogen-bond donors (Lipinski definition) is 1. The molecule has 0 rings (SSSR count). The number of unbranched alkanes of at least 4 members (excludes halogenated alkanes) is 12. The number of nitrogens with zero attached hydrogens (tertiary/aromatic N) is 1. The molecule has 178 valence electrons. The van der Waals surface area contributed by atoms with E-state index >= 15 is 0 Å². The van der Waals surface area contributed by atoms with Crippen LogP contribution in [0.5, 0.6) is 0 Å². The lowest BCUT2D eigenvalue weighted by molar-refractivity contribution is -0.929. The molecule has 0 aromatic carbocycles. The summed E-state index contributed by atoms with van der Waals surface area (Å²) in [5, 5.41) is 0. The van der Waals surface area contributed by atoms with Gasteiger partial charge in [-0.15, -0.1) is 0 Å². The molecule has 0 aliphatic carbocycles. The first-order chi connectivity index (χ1) is 14.0. The van der Waals surface area contributed by atoms with Crippen LogP contribution >= 0.6 is 0 Å². The summed E-state index contributed by atoms with van der Waals surface area (Å²) in [6, 6.07) is 0. The fraction of sp³-hybridized carbons (Fsp3) is 1.00. The van der Waals surface area contributed by atoms with E-state index in [0.29, 0.717) is 0 Å². The third-order valence-electron chi connectivity index (χ3n) is 5.94. The van der Waals surface area contributed by atoms with Crippen LogP contribution in [-0.2, 0) is 11.4 Å². The molecule has 0 aliphatic rings. The fourth-order valence-electron chi connectivity index (χ4n) is 4.17. The molecule has 1 N–H and O–H groups in total. The van der Waals surface area contributed by atoms with E-state index in [1.54, 1.807) is 0 Å². The molecule has 5 heteroatoms. The van der Waals surface area contributed by atoms with Gasteiger partial charge in [0.25, 0.3) is 0 Å². The van der Waals surface area contributed by atoms with Crippen LogP contribution in [0.1, 0.15) is 130 Å². The van der Waals surface area contributed by atoms with Gasteiger partial charge >= 0.3 is 0 Å². The molecule has 0 fully saturated rings. The van der Waals surface area contributed by atoms with Crippen LogP contribution < -0.4 is 0 Å². The highest BCUT2D eigenvalue weighted by atomic mass is 32.2. The van der Waals surface area contributed by atoms with Crippen molar-refractivity contribution in [1.82, 2.24) is 0 Å². The van der Waals surface area contributed by atoms with Gasteiger partial charge in [-0.1, -0.05) is 79.1 Å². The number of rotatable bonds is 20. The van der Waals surface area contributed by atoms with Crippen molar-refractivity contribution in [1.29, 1.82) is 0 Å². The van der Waals surface area contributed by atoms with Crippen LogP contribution in [-0.4, -0.2) is 44.0 Å². The van der Waals surface area contributed by atoms with Crippen molar-refractivity contribution in [3.8, 4) is 0 Å². The Labute approximate surface area is 185 Å². The fourth-order valence-corrected chi connectivity index (χ4v) is 4.17. The summed E-state index contributed by atoms with van der Waals surface area (Å²) in [6.07, 6.45) is 22.8. The molecule has 0 radical (unpaired) electrons. The molecule has 1 atom stereocenters. The predicted octanol–water partition coefficient (Wildman–Crippen LogP) is 7.46. The summed E-state index contributed by atoms with van der Waals surface area (Å²) in [5.41, 5.74) is 0. The van der Waals surface area contributed by atoms with Gasteiger partial charge in [-0.05, 0) is 51.4 Å². The van der Waals surface area contributed by atoms with E-state index in [9.17, 15) is 0 Å². The minimum Gasteiger partial charge on any atom is -0.750 e. The Morgan fingerprint density at radius 1 is 0.552 bits per heavy atom. The molecule has 0 heterocycles. The summed E-state index contributed by atoms with van der Waals surface area (Å²) in [4.78, 5) is 0. The van der Waals surface area contributed by atoms with Crippen LogP contribution in [0.4, 0.5) is 0 Å². The molecule has 0 spiro atoms. The minimum atomic E-state index is -2.86. The van der Waals surface area contributed by atoms with Gasteiger partial charge in [0.1, 0.15) is 0 Å². The molecular weight excluding hydrogens is 382 g/mol. The third kappa shape index (κ3) is 24.2. The van der Waals surface area contributed by atoms with Gasteiger partial charge in [0.2, 0.25) is 0 Å². The summed E-state index contributed by atoms with van der Waals surface area (Å²) in [5.74, 6) is 0. The molecule has 0 saturated carbocycles. The van der Waals surface area contributed by atoms with Crippen molar-refractivity contribution in [2.45, 2.75) is 130 Å². The molecule has 4 nitrogen and oxygen atoms in total. The second-order valence-electron chi connectivity index (χ2n) is 8.70. The number of quaternary nitrogens is 1. The zero-order chi connectivity index (χ0) is 22.2. The van der Waals surface area contributed by atoms with E-state index in [1.165, 1.54) is 133 Å². The van der Waals surface area contributed by atoms with Crippen LogP contribution in [0.25, 0.3) is 0 Å². The van der Waals surface area contributed by atoms with Crippen molar-refractivity contribution in [3.63, 3.8) is 0 Å². The van der Waals surface area contributed by atoms with E-state index in [2.05, 4.69) is 27.7 Å². The summed E-state index contributed by atoms with van der Waals surface area (Å²) < 4.78 is 25.5. The largest absolute Gasteiger partial charge is 0.750 e. The Morgan fingerprint density at radius 3 is 0.931 bits per heavy atom. The molecule has 29 heavy (non-hydrogen) atoms. The van der Waals surface area contributed by atoms with Gasteiger partial charge < -0.3 is 13.6 Å². The van der Waals surface area contributed by atoms with Crippen LogP contribution in [0.3, 0.4) is 0 Å². The molecule has 0 aliphatic heterocycles. The molecule has 0 bridgehead atoms. The van der Waals surface area contributed by atoms with Crippen molar-refractivity contribution < 1.29 is 17.8 Å². The van der Waals surface area contributed by atoms with Gasteiger partial charge in [0.15, 0.2) is 0 Å². The average Bonchev–Trinajstić information content (AvgIpc) is 2.69. The molecular formula is C24H53NO3S. The highest BCUT2D eigenvalue weighted by Gasteiger charge is 2.25. The standard InChI is InChI=1S/C24H52N.H2O3S/c1-5-9-13-17-21-25(22-18-14-10-6-2,23-19-15-11-7-3)24-20-16-12-8-4;1-4(2)3/h5-24H2,1-4H3;(H2,1,2,3)/q+1;/p-1. The highest BCUT2D eigenvalue weighted by Crippen LogP contribution is 2.19. The van der Waals surface area contributed by atoms with Gasteiger partial charge in [-0.25, -0.2) is 4.21 Å². The van der Waals surface area contributed by atoms with Crippen molar-refractivity contribution >= 4 is 11.4 Å². The maximum atomic E-state index is 8.56. The zero-order valence-electron chi connectivity index (χ0n) is 20.3. The lowest BCUT2D eigenvalue weighted by atomic mass is 10.1. The first-order valence-electron chi connectivity index (χ1n) is 12.6. The highest BCUT2D eigenvalue weighted by molar-refractivity contribution is 7.73. The minimum absolute atomic E-state index is 1.36. The molecule has 0 saturated heterocycles. The van der Waals surface area contributed by atoms with Crippen LogP contribution in [0.2, 0.25) is 0 Å². The lowest BCUT2D eigenvalue weighted by Gasteiger charge is -2.39. The van der Waals surface area contributed by atoms with E-state index in [-0.39, 0.29) is 0 Å². The zero-order valence-corrected chi connectivity index (χ0v) is 21.1. The Hall–Kier alpha value is 0.0300. The average molecular weight is 436 g/mol. The first kappa shape index (κ1) is 31.2. The SMILES string of the molecule is CCCCCC[N+](CCCCCC)(CCCCCC)CCCCCC.O=S([O-])O. The maximum absolute atomic E-state index is 8.56. The first-order valence-corrected chi connectivity index (χ1v) is 13.6. The second-order valence-corrected chi connectivity index (χ2v) is 9.13. The van der Waals surface area contributed by atoms with Gasteiger partial charge in [-0.3, -0.25) is 0 Å². The molecule has 0 aromatic heterocycles. The maximum Gasteiger partial charge on any atom is 0.0814 e. The normalized spacial score (nSPS) is 12.5. The molecule has 1 unspecified atom stereocenters. The predicted molar refractivity (Wildman–Crippen MR) is 128 cm³/mol. The second kappa shape index (κ2) is 24.3. The summed E-state index contributed by atoms with van der Waals surface area (Å²) >= 11 is -2.86. The van der Waals surface area contributed by atoms with E-state index < -0.39 is 11.4 Å². The van der Waals surface area contributed by atoms with Gasteiger partial charge in [-0.2, -0.15) is 0 Å². The summed E-state index contributed by atoms with van der Waals surface area (Å²) in [7, 11) is 0. The quantitative estimate of drug-likeness (QED) is 0.123.